The van der Waals surface area contributed by atoms with Crippen LogP contribution in [0.15, 0.2) is 24.3 Å². The van der Waals surface area contributed by atoms with Crippen LogP contribution in [0, 0.1) is 14.9 Å². The van der Waals surface area contributed by atoms with Crippen LogP contribution in [0.5, 0.6) is 0 Å². The molecule has 1 unspecified atom stereocenters. The van der Waals surface area contributed by atoms with E-state index in [0.29, 0.717) is 5.92 Å². The minimum atomic E-state index is 0. The molecule has 0 aliphatic heterocycles. The summed E-state index contributed by atoms with van der Waals surface area (Å²) in [6.07, 6.45) is 5.16. The fourth-order valence-electron chi connectivity index (χ4n) is 2.95. The first kappa shape index (κ1) is 18.7. The van der Waals surface area contributed by atoms with Crippen LogP contribution in [0.4, 0.5) is 0 Å². The average molecular weight is 420 g/mol. The van der Waals surface area contributed by atoms with Crippen LogP contribution in [-0.4, -0.2) is 0 Å². The zero-order chi connectivity index (χ0) is 11.1. The van der Waals surface area contributed by atoms with Gasteiger partial charge in [0.2, 0.25) is 0 Å². The van der Waals surface area contributed by atoms with Gasteiger partial charge < -0.3 is 14.9 Å². The molecule has 19 heavy (non-hydrogen) atoms. The number of fused-ring (bicyclic) bond motifs is 2. The molecule has 0 spiro atoms. The zero-order valence-electron chi connectivity index (χ0n) is 12.7. The molecule has 1 atom stereocenters. The fourth-order valence-corrected chi connectivity index (χ4v) is 2.95. The maximum Gasteiger partial charge on any atom is 0 e. The first-order valence-corrected chi connectivity index (χ1v) is 6.50. The normalized spacial score (nSPS) is 14.0. The van der Waals surface area contributed by atoms with Gasteiger partial charge in [-0.1, -0.05) is 37.3 Å². The molecule has 0 N–H and O–H groups in total. The van der Waals surface area contributed by atoms with Crippen molar-refractivity contribution >= 4 is 10.8 Å². The Hall–Kier alpha value is -0.300. The van der Waals surface area contributed by atoms with Gasteiger partial charge in [0.05, 0.1) is 0 Å². The Labute approximate surface area is 137 Å². The van der Waals surface area contributed by atoms with Crippen molar-refractivity contribution < 1.29 is 25.8 Å². The molecule has 0 saturated heterocycles. The van der Waals surface area contributed by atoms with Crippen LogP contribution < -0.4 is 0 Å². The SMILES string of the molecule is CCC(C)[c-]1ccc2cc3c(cc21)CCC3.[CH3-].[CH3-].[Hf]. The van der Waals surface area contributed by atoms with Gasteiger partial charge in [0.1, 0.15) is 0 Å². The molecule has 0 radical (unpaired) electrons. The van der Waals surface area contributed by atoms with Crippen molar-refractivity contribution in [2.75, 3.05) is 0 Å². The quantitative estimate of drug-likeness (QED) is 0.448. The van der Waals surface area contributed by atoms with E-state index in [1.54, 1.807) is 16.7 Å². The average Bonchev–Trinajstić information content (AvgIpc) is 2.90. The molecule has 0 aromatic heterocycles. The molecule has 1 aliphatic rings. The van der Waals surface area contributed by atoms with Crippen LogP contribution in [0.25, 0.3) is 10.8 Å². The number of hydrogen-bond acceptors (Lipinski definition) is 0. The molecular weight excluding hydrogens is 395 g/mol. The summed E-state index contributed by atoms with van der Waals surface area (Å²) in [4.78, 5) is 0. The van der Waals surface area contributed by atoms with Gasteiger partial charge in [0.25, 0.3) is 0 Å². The van der Waals surface area contributed by atoms with E-state index in [4.69, 9.17) is 0 Å². The largest absolute Gasteiger partial charge is 0.358 e. The summed E-state index contributed by atoms with van der Waals surface area (Å²) < 4.78 is 0. The van der Waals surface area contributed by atoms with Gasteiger partial charge in [-0.25, -0.2) is 0 Å². The van der Waals surface area contributed by atoms with E-state index in [-0.39, 0.29) is 40.7 Å². The van der Waals surface area contributed by atoms with Crippen molar-refractivity contribution in [3.63, 3.8) is 0 Å². The molecule has 2 aromatic carbocycles. The van der Waals surface area contributed by atoms with Crippen LogP contribution in [-0.2, 0) is 38.7 Å². The van der Waals surface area contributed by atoms with E-state index in [1.807, 2.05) is 0 Å². The van der Waals surface area contributed by atoms with Crippen molar-refractivity contribution in [1.29, 1.82) is 0 Å². The van der Waals surface area contributed by atoms with Gasteiger partial charge in [-0.15, -0.1) is 34.5 Å². The molecule has 1 heteroatoms. The first-order chi connectivity index (χ1) is 7.79. The van der Waals surface area contributed by atoms with Crippen molar-refractivity contribution in [2.45, 2.75) is 45.4 Å². The Morgan fingerprint density at radius 3 is 2.42 bits per heavy atom. The molecule has 0 bridgehead atoms. The number of hydrogen-bond donors (Lipinski definition) is 0. The first-order valence-electron chi connectivity index (χ1n) is 6.50. The zero-order valence-corrected chi connectivity index (χ0v) is 16.3. The third kappa shape index (κ3) is 3.24. The second kappa shape index (κ2) is 7.47. The van der Waals surface area contributed by atoms with E-state index in [1.165, 1.54) is 36.5 Å². The molecule has 0 amide bonds. The van der Waals surface area contributed by atoms with Crippen molar-refractivity contribution in [3.8, 4) is 0 Å². The second-order valence-corrected chi connectivity index (χ2v) is 5.16. The number of aryl methyl sites for hydroxylation is 2. The minimum absolute atomic E-state index is 0. The summed E-state index contributed by atoms with van der Waals surface area (Å²) in [5.41, 5.74) is 4.74. The van der Waals surface area contributed by atoms with E-state index in [0.717, 1.165) is 0 Å². The Bertz CT molecular complexity index is 522. The summed E-state index contributed by atoms with van der Waals surface area (Å²) in [5.74, 6) is 0.692. The van der Waals surface area contributed by atoms with E-state index >= 15 is 0 Å². The third-order valence-electron chi connectivity index (χ3n) is 4.16. The molecule has 0 heterocycles. The Morgan fingerprint density at radius 2 is 1.79 bits per heavy atom. The minimum Gasteiger partial charge on any atom is -0.358 e. The fraction of sp³-hybridized carbons (Fsp3) is 0.389. The maximum atomic E-state index is 2.46. The predicted molar refractivity (Wildman–Crippen MR) is 83.1 cm³/mol. The monoisotopic (exact) mass is 421 g/mol. The molecule has 2 aromatic rings. The summed E-state index contributed by atoms with van der Waals surface area (Å²) >= 11 is 0. The summed E-state index contributed by atoms with van der Waals surface area (Å²) in [6.45, 7) is 4.61. The summed E-state index contributed by atoms with van der Waals surface area (Å²) in [6, 6.07) is 9.51. The molecule has 0 nitrogen and oxygen atoms in total. The van der Waals surface area contributed by atoms with Crippen molar-refractivity contribution in [3.05, 3.63) is 55.8 Å². The number of benzene rings is 1. The summed E-state index contributed by atoms with van der Waals surface area (Å²) in [5, 5.41) is 2.96. The van der Waals surface area contributed by atoms with Crippen molar-refractivity contribution in [2.24, 2.45) is 0 Å². The molecule has 1 aliphatic carbocycles. The standard InChI is InChI=1S/C16H19.2CH3.Hf/c1-3-11(2)15-8-7-14-9-12-5-4-6-13(12)10-16(14)15;;;/h7-11H,3-6H2,1-2H3;2*1H3;/q3*-1;. The second-order valence-electron chi connectivity index (χ2n) is 5.16. The molecule has 3 rings (SSSR count). The van der Waals surface area contributed by atoms with Gasteiger partial charge in [-0.2, -0.15) is 6.07 Å². The van der Waals surface area contributed by atoms with Gasteiger partial charge in [0.15, 0.2) is 0 Å². The molecular formula is C18H25Hf-3. The van der Waals surface area contributed by atoms with Crippen LogP contribution in [0.3, 0.4) is 0 Å². The molecule has 104 valence electrons. The summed E-state index contributed by atoms with van der Waals surface area (Å²) in [7, 11) is 0. The van der Waals surface area contributed by atoms with E-state index in [9.17, 15) is 0 Å². The maximum absolute atomic E-state index is 2.46. The Balaban J connectivity index is 0.00000108. The van der Waals surface area contributed by atoms with Gasteiger partial charge >= 0.3 is 0 Å². The molecule has 0 saturated carbocycles. The van der Waals surface area contributed by atoms with Crippen LogP contribution in [0.2, 0.25) is 0 Å². The topological polar surface area (TPSA) is 0 Å². The number of rotatable bonds is 2. The van der Waals surface area contributed by atoms with Gasteiger partial charge in [-0.05, 0) is 19.3 Å². The van der Waals surface area contributed by atoms with Crippen LogP contribution in [0.1, 0.15) is 49.3 Å². The van der Waals surface area contributed by atoms with Gasteiger partial charge in [-0.3, -0.25) is 0 Å². The smallest absolute Gasteiger partial charge is 0 e. The Morgan fingerprint density at radius 1 is 1.16 bits per heavy atom. The van der Waals surface area contributed by atoms with Crippen LogP contribution >= 0.6 is 0 Å². The third-order valence-corrected chi connectivity index (χ3v) is 4.16. The van der Waals surface area contributed by atoms with E-state index < -0.39 is 0 Å². The Kier molecular flexibility index (Phi) is 7.36. The van der Waals surface area contributed by atoms with Crippen molar-refractivity contribution in [1.82, 2.24) is 0 Å². The van der Waals surface area contributed by atoms with Gasteiger partial charge in [0, 0.05) is 25.8 Å². The predicted octanol–water partition coefficient (Wildman–Crippen LogP) is 5.46. The molecule has 0 fully saturated rings. The van der Waals surface area contributed by atoms with E-state index in [2.05, 4.69) is 38.1 Å².